The highest BCUT2D eigenvalue weighted by Crippen LogP contribution is 2.27. The second-order valence-corrected chi connectivity index (χ2v) is 4.50. The van der Waals surface area contributed by atoms with Gasteiger partial charge in [0.25, 0.3) is 0 Å². The maximum atomic E-state index is 5.70. The summed E-state index contributed by atoms with van der Waals surface area (Å²) in [5.41, 5.74) is 5.47. The Bertz CT molecular complexity index is 354. The number of nitrogen functional groups attached to an aromatic ring is 1. The third-order valence-electron chi connectivity index (χ3n) is 2.89. The fraction of sp³-hybridized carbons (Fsp3) is 0.700. The van der Waals surface area contributed by atoms with Crippen molar-refractivity contribution in [3.8, 4) is 6.01 Å². The minimum absolute atomic E-state index is 0.0750. The summed E-state index contributed by atoms with van der Waals surface area (Å²) in [5.74, 6) is 0.615. The van der Waals surface area contributed by atoms with Gasteiger partial charge in [-0.05, 0) is 36.8 Å². The molecule has 2 N–H and O–H groups in total. The number of hydrogen-bond donors (Lipinski definition) is 1. The Morgan fingerprint density at radius 3 is 2.69 bits per heavy atom. The predicted octanol–water partition coefficient (Wildman–Crippen LogP) is 2.06. The average Bonchev–Trinajstić information content (AvgIpc) is 2.20. The van der Waals surface area contributed by atoms with E-state index in [2.05, 4.69) is 21.9 Å². The van der Waals surface area contributed by atoms with Crippen LogP contribution < -0.4 is 10.5 Å². The van der Waals surface area contributed by atoms with E-state index >= 15 is 0 Å². The van der Waals surface area contributed by atoms with Gasteiger partial charge in [-0.25, -0.2) is 0 Å². The first-order valence-corrected chi connectivity index (χ1v) is 5.86. The van der Waals surface area contributed by atoms with E-state index < -0.39 is 0 Å². The summed E-state index contributed by atoms with van der Waals surface area (Å²) in [6, 6.07) is 0.233. The molecular formula is C10H15ClN4O. The van der Waals surface area contributed by atoms with Crippen LogP contribution in [0.15, 0.2) is 0 Å². The van der Waals surface area contributed by atoms with Crippen molar-refractivity contribution in [1.29, 1.82) is 0 Å². The summed E-state index contributed by atoms with van der Waals surface area (Å²) in [6.45, 7) is 2.18. The first-order chi connectivity index (χ1) is 7.65. The van der Waals surface area contributed by atoms with Gasteiger partial charge >= 0.3 is 6.01 Å². The van der Waals surface area contributed by atoms with Crippen LogP contribution in [-0.4, -0.2) is 21.1 Å². The normalized spacial score (nSPS) is 25.4. The maximum Gasteiger partial charge on any atom is 0.322 e. The molecule has 0 bridgehead atoms. The van der Waals surface area contributed by atoms with Gasteiger partial charge < -0.3 is 10.5 Å². The third-order valence-corrected chi connectivity index (χ3v) is 3.06. The molecule has 2 unspecified atom stereocenters. The lowest BCUT2D eigenvalue weighted by Crippen LogP contribution is -2.29. The fourth-order valence-electron chi connectivity index (χ4n) is 1.99. The quantitative estimate of drug-likeness (QED) is 0.859. The van der Waals surface area contributed by atoms with Gasteiger partial charge in [0.05, 0.1) is 0 Å². The first kappa shape index (κ1) is 11.4. The molecule has 1 saturated carbocycles. The zero-order valence-electron chi connectivity index (χ0n) is 9.19. The van der Waals surface area contributed by atoms with Gasteiger partial charge in [0.15, 0.2) is 0 Å². The van der Waals surface area contributed by atoms with Gasteiger partial charge in [-0.1, -0.05) is 13.3 Å². The van der Waals surface area contributed by atoms with Crippen LogP contribution in [-0.2, 0) is 0 Å². The highest BCUT2D eigenvalue weighted by molar-refractivity contribution is 6.28. The number of hydrogen-bond acceptors (Lipinski definition) is 5. The molecule has 0 amide bonds. The van der Waals surface area contributed by atoms with Gasteiger partial charge in [0.1, 0.15) is 6.10 Å². The monoisotopic (exact) mass is 242 g/mol. The molecule has 1 aliphatic carbocycles. The van der Waals surface area contributed by atoms with E-state index in [9.17, 15) is 0 Å². The zero-order valence-corrected chi connectivity index (χ0v) is 9.94. The van der Waals surface area contributed by atoms with E-state index in [0.717, 1.165) is 6.42 Å². The van der Waals surface area contributed by atoms with Crippen molar-refractivity contribution in [2.75, 3.05) is 5.73 Å². The average molecular weight is 243 g/mol. The number of nitrogens with zero attached hydrogens (tertiary/aromatic N) is 3. The number of nitrogens with two attached hydrogens (primary N) is 1. The van der Waals surface area contributed by atoms with E-state index in [4.69, 9.17) is 22.1 Å². The van der Waals surface area contributed by atoms with Crippen LogP contribution in [0.5, 0.6) is 6.01 Å². The largest absolute Gasteiger partial charge is 0.460 e. The Morgan fingerprint density at radius 2 is 2.00 bits per heavy atom. The SMILES string of the molecule is CC1CCCCC1Oc1nc(N)nc(Cl)n1. The standard InChI is InChI=1S/C10H15ClN4O/c1-6-4-2-3-5-7(6)16-10-14-8(11)13-9(12)15-10/h6-7H,2-5H2,1H3,(H2,12,13,14,15). The van der Waals surface area contributed by atoms with Gasteiger partial charge in [-0.15, -0.1) is 0 Å². The summed E-state index contributed by atoms with van der Waals surface area (Å²) in [7, 11) is 0. The smallest absolute Gasteiger partial charge is 0.322 e. The molecule has 1 fully saturated rings. The molecule has 2 rings (SSSR count). The Hall–Kier alpha value is -1.10. The summed E-state index contributed by atoms with van der Waals surface area (Å²) < 4.78 is 5.70. The maximum absolute atomic E-state index is 5.70. The van der Waals surface area contributed by atoms with Gasteiger partial charge in [-0.3, -0.25) is 0 Å². The van der Waals surface area contributed by atoms with Crippen molar-refractivity contribution < 1.29 is 4.74 Å². The summed E-state index contributed by atoms with van der Waals surface area (Å²) in [6.07, 6.45) is 4.82. The van der Waals surface area contributed by atoms with Crippen LogP contribution in [0.3, 0.4) is 0 Å². The van der Waals surface area contributed by atoms with Crippen molar-refractivity contribution in [2.24, 2.45) is 5.92 Å². The van der Waals surface area contributed by atoms with Crippen LogP contribution in [0.4, 0.5) is 5.95 Å². The van der Waals surface area contributed by atoms with Crippen LogP contribution in [0.1, 0.15) is 32.6 Å². The van der Waals surface area contributed by atoms with E-state index in [1.807, 2.05) is 0 Å². The Kier molecular flexibility index (Phi) is 3.43. The number of halogens is 1. The second kappa shape index (κ2) is 4.82. The summed E-state index contributed by atoms with van der Waals surface area (Å²) in [4.78, 5) is 11.5. The Labute approximate surface area is 99.4 Å². The predicted molar refractivity (Wildman–Crippen MR) is 61.3 cm³/mol. The van der Waals surface area contributed by atoms with Crippen molar-refractivity contribution >= 4 is 17.5 Å². The summed E-state index contributed by atoms with van der Waals surface area (Å²) in [5, 5.41) is 0.0750. The van der Waals surface area contributed by atoms with E-state index in [-0.39, 0.29) is 23.3 Å². The third kappa shape index (κ3) is 2.72. The van der Waals surface area contributed by atoms with Crippen LogP contribution in [0, 0.1) is 5.92 Å². The van der Waals surface area contributed by atoms with Crippen molar-refractivity contribution in [1.82, 2.24) is 15.0 Å². The molecule has 2 atom stereocenters. The minimum atomic E-state index is 0.0750. The van der Waals surface area contributed by atoms with E-state index in [0.29, 0.717) is 5.92 Å². The highest BCUT2D eigenvalue weighted by Gasteiger charge is 2.24. The first-order valence-electron chi connectivity index (χ1n) is 5.49. The van der Waals surface area contributed by atoms with Crippen molar-refractivity contribution in [3.05, 3.63) is 5.28 Å². The molecule has 5 nitrogen and oxygen atoms in total. The molecule has 6 heteroatoms. The van der Waals surface area contributed by atoms with Crippen LogP contribution >= 0.6 is 11.6 Å². The van der Waals surface area contributed by atoms with Crippen molar-refractivity contribution in [3.63, 3.8) is 0 Å². The Morgan fingerprint density at radius 1 is 1.25 bits per heavy atom. The molecule has 0 spiro atoms. The number of aromatic nitrogens is 3. The van der Waals surface area contributed by atoms with Crippen molar-refractivity contribution in [2.45, 2.75) is 38.7 Å². The molecule has 88 valence electrons. The van der Waals surface area contributed by atoms with Gasteiger partial charge in [0.2, 0.25) is 11.2 Å². The van der Waals surface area contributed by atoms with Gasteiger partial charge in [-0.2, -0.15) is 15.0 Å². The van der Waals surface area contributed by atoms with Crippen LogP contribution in [0.25, 0.3) is 0 Å². The number of anilines is 1. The topological polar surface area (TPSA) is 73.9 Å². The lowest BCUT2D eigenvalue weighted by molar-refractivity contribution is 0.0922. The highest BCUT2D eigenvalue weighted by atomic mass is 35.5. The van der Waals surface area contributed by atoms with E-state index in [1.165, 1.54) is 19.3 Å². The van der Waals surface area contributed by atoms with E-state index in [1.54, 1.807) is 0 Å². The minimum Gasteiger partial charge on any atom is -0.460 e. The molecule has 1 heterocycles. The molecule has 0 radical (unpaired) electrons. The Balaban J connectivity index is 2.07. The second-order valence-electron chi connectivity index (χ2n) is 4.16. The molecule has 0 aliphatic heterocycles. The molecule has 0 aromatic carbocycles. The van der Waals surface area contributed by atoms with Gasteiger partial charge in [0, 0.05) is 0 Å². The number of rotatable bonds is 2. The molecule has 1 aromatic rings. The fourth-order valence-corrected chi connectivity index (χ4v) is 2.15. The molecule has 1 aliphatic rings. The molecule has 0 saturated heterocycles. The molecule has 16 heavy (non-hydrogen) atoms. The van der Waals surface area contributed by atoms with Crippen LogP contribution in [0.2, 0.25) is 5.28 Å². The zero-order chi connectivity index (χ0) is 11.5. The lowest BCUT2D eigenvalue weighted by atomic mass is 9.88. The molecular weight excluding hydrogens is 228 g/mol. The molecule has 1 aromatic heterocycles. The number of ether oxygens (including phenoxy) is 1. The summed E-state index contributed by atoms with van der Waals surface area (Å²) >= 11 is 5.68. The lowest BCUT2D eigenvalue weighted by Gasteiger charge is -2.28.